The van der Waals surface area contributed by atoms with Crippen LogP contribution in [0.25, 0.3) is 198 Å². The Bertz CT molecular complexity index is 6370. The van der Waals surface area contributed by atoms with Crippen molar-refractivity contribution in [2.24, 2.45) is 0 Å². The van der Waals surface area contributed by atoms with E-state index in [-0.39, 0.29) is 0 Å². The lowest BCUT2D eigenvalue weighted by Gasteiger charge is -2.15. The predicted octanol–water partition coefficient (Wildman–Crippen LogP) is 24.6. The largest absolute Gasteiger partial charge is 0.256 e. The molecule has 16 aromatic carbocycles. The topological polar surface area (TPSA) is 77.3 Å². The van der Waals surface area contributed by atoms with Crippen LogP contribution in [0.2, 0.25) is 0 Å². The molecule has 0 atom stereocenters. The molecule has 20 aromatic rings. The minimum absolute atomic E-state index is 0.685. The number of para-hydroxylation sites is 1. The molecule has 6 heteroatoms. The Kier molecular flexibility index (Phi) is 14.1. The third-order valence-electron chi connectivity index (χ3n) is 19.8. The van der Waals surface area contributed by atoms with Gasteiger partial charge in [-0.15, -0.1) is 0 Å². The van der Waals surface area contributed by atoms with Crippen molar-refractivity contribution in [2.75, 3.05) is 0 Å². The molecule has 0 aliphatic heterocycles. The van der Waals surface area contributed by atoms with Gasteiger partial charge < -0.3 is 0 Å². The van der Waals surface area contributed by atoms with Gasteiger partial charge in [-0.3, -0.25) is 9.97 Å². The second-order valence-corrected chi connectivity index (χ2v) is 25.6. The van der Waals surface area contributed by atoms with E-state index >= 15 is 0 Å². The van der Waals surface area contributed by atoms with Crippen molar-refractivity contribution >= 4 is 108 Å². The highest BCUT2D eigenvalue weighted by atomic mass is 14.9. The van der Waals surface area contributed by atoms with Crippen LogP contribution < -0.4 is 0 Å². The fraction of sp³-hybridized carbons (Fsp3) is 0. The van der Waals surface area contributed by atoms with Gasteiger partial charge in [-0.05, 0) is 152 Å². The van der Waals surface area contributed by atoms with Gasteiger partial charge in [0.25, 0.3) is 0 Å². The van der Waals surface area contributed by atoms with E-state index in [1.807, 2.05) is 24.5 Å². The molecule has 464 valence electrons. The molecule has 0 aliphatic carbocycles. The van der Waals surface area contributed by atoms with E-state index in [9.17, 15) is 0 Å². The Morgan fingerprint density at radius 3 is 0.870 bits per heavy atom. The highest BCUT2D eigenvalue weighted by molar-refractivity contribution is 6.18. The van der Waals surface area contributed by atoms with Crippen LogP contribution in [0.4, 0.5) is 0 Å². The molecular formula is C94H58N6. The third-order valence-corrected chi connectivity index (χ3v) is 19.8. The summed E-state index contributed by atoms with van der Waals surface area (Å²) in [5, 5.41) is 22.7. The lowest BCUT2D eigenvalue weighted by Crippen LogP contribution is -1.97. The first-order valence-corrected chi connectivity index (χ1v) is 33.9. The van der Waals surface area contributed by atoms with E-state index in [2.05, 4.69) is 328 Å². The number of aromatic nitrogens is 6. The van der Waals surface area contributed by atoms with Gasteiger partial charge in [0.1, 0.15) is 0 Å². The zero-order valence-electron chi connectivity index (χ0n) is 54.2. The van der Waals surface area contributed by atoms with Gasteiger partial charge in [-0.2, -0.15) is 0 Å². The zero-order chi connectivity index (χ0) is 66.0. The summed E-state index contributed by atoms with van der Waals surface area (Å²) >= 11 is 0. The van der Waals surface area contributed by atoms with Crippen molar-refractivity contribution in [3.63, 3.8) is 0 Å². The summed E-state index contributed by atoms with van der Waals surface area (Å²) in [6, 6.07) is 120. The van der Waals surface area contributed by atoms with Crippen molar-refractivity contribution < 1.29 is 0 Å². The molecule has 0 unspecified atom stereocenters. The third kappa shape index (κ3) is 10.3. The van der Waals surface area contributed by atoms with Crippen LogP contribution >= 0.6 is 0 Å². The van der Waals surface area contributed by atoms with Crippen LogP contribution in [0.5, 0.6) is 0 Å². The summed E-state index contributed by atoms with van der Waals surface area (Å²) in [6.07, 6.45) is 3.83. The summed E-state index contributed by atoms with van der Waals surface area (Å²) < 4.78 is 0. The maximum absolute atomic E-state index is 5.32. The smallest absolute Gasteiger partial charge is 0.160 e. The van der Waals surface area contributed by atoms with Gasteiger partial charge >= 0.3 is 0 Å². The molecule has 100 heavy (non-hydrogen) atoms. The quantitative estimate of drug-likeness (QED) is 0.141. The molecule has 0 radical (unpaired) electrons. The molecule has 6 nitrogen and oxygen atoms in total. The summed E-state index contributed by atoms with van der Waals surface area (Å²) in [6.45, 7) is 0. The van der Waals surface area contributed by atoms with Crippen LogP contribution in [-0.2, 0) is 0 Å². The first-order valence-electron chi connectivity index (χ1n) is 33.9. The number of fused-ring (bicyclic) bond motifs is 14. The number of nitrogens with zero attached hydrogens (tertiary/aromatic N) is 6. The highest BCUT2D eigenvalue weighted by Crippen LogP contribution is 2.43. The SMILES string of the molecule is c1ccc2c(-c3ccc(-c4nc(-c5cc6ccccc6c6ccccc56)cc(-c5cc6ccccc6c6ccccc56)n4)cc3)nccc2c1.c1ccc2ncc(-c3ccc(-c4nc(-c5cc6ccccc6c6ccccc56)cc(-c5cc6ccccc6c6ccccc56)n4)cc3)cc2c1. The Hall–Kier alpha value is -13.4. The van der Waals surface area contributed by atoms with E-state index in [1.165, 1.54) is 91.6 Å². The Morgan fingerprint density at radius 2 is 0.480 bits per heavy atom. The molecule has 0 aliphatic rings. The molecule has 0 saturated heterocycles. The second kappa shape index (κ2) is 24.3. The van der Waals surface area contributed by atoms with E-state index in [0.717, 1.165) is 94.8 Å². The maximum Gasteiger partial charge on any atom is 0.160 e. The molecule has 0 saturated carbocycles. The van der Waals surface area contributed by atoms with Crippen molar-refractivity contribution in [2.45, 2.75) is 0 Å². The molecule has 0 spiro atoms. The van der Waals surface area contributed by atoms with Gasteiger partial charge in [0, 0.05) is 67.7 Å². The molecule has 20 rings (SSSR count). The van der Waals surface area contributed by atoms with Crippen LogP contribution in [0.3, 0.4) is 0 Å². The first kappa shape index (κ1) is 58.0. The lowest BCUT2D eigenvalue weighted by atomic mass is 9.93. The lowest BCUT2D eigenvalue weighted by molar-refractivity contribution is 1.19. The van der Waals surface area contributed by atoms with Crippen LogP contribution in [0.1, 0.15) is 0 Å². The number of hydrogen-bond acceptors (Lipinski definition) is 6. The molecule has 0 fully saturated rings. The fourth-order valence-electron chi connectivity index (χ4n) is 14.9. The summed E-state index contributed by atoms with van der Waals surface area (Å²) in [5.41, 5.74) is 15.0. The number of pyridine rings is 2. The predicted molar refractivity (Wildman–Crippen MR) is 418 cm³/mol. The number of benzene rings is 16. The molecule has 4 heterocycles. The first-order chi connectivity index (χ1) is 49.5. The highest BCUT2D eigenvalue weighted by Gasteiger charge is 2.21. The fourth-order valence-corrected chi connectivity index (χ4v) is 14.9. The van der Waals surface area contributed by atoms with Gasteiger partial charge in [-0.1, -0.05) is 285 Å². The van der Waals surface area contributed by atoms with Gasteiger partial charge in [0.15, 0.2) is 11.6 Å². The summed E-state index contributed by atoms with van der Waals surface area (Å²) in [4.78, 5) is 30.7. The van der Waals surface area contributed by atoms with E-state index in [4.69, 9.17) is 29.9 Å². The average Bonchev–Trinajstić information content (AvgIpc) is 0.759. The van der Waals surface area contributed by atoms with Crippen LogP contribution in [0.15, 0.2) is 352 Å². The van der Waals surface area contributed by atoms with Crippen molar-refractivity contribution in [3.05, 3.63) is 352 Å². The molecular weight excluding hydrogens is 1210 g/mol. The minimum Gasteiger partial charge on any atom is -0.256 e. The van der Waals surface area contributed by atoms with Crippen LogP contribution in [0, 0.1) is 0 Å². The molecule has 0 bridgehead atoms. The van der Waals surface area contributed by atoms with Crippen molar-refractivity contribution in [1.82, 2.24) is 29.9 Å². The summed E-state index contributed by atoms with van der Waals surface area (Å²) in [7, 11) is 0. The van der Waals surface area contributed by atoms with E-state index in [1.54, 1.807) is 0 Å². The molecule has 0 amide bonds. The molecule has 0 N–H and O–H groups in total. The Labute approximate surface area is 576 Å². The second-order valence-electron chi connectivity index (χ2n) is 25.6. The van der Waals surface area contributed by atoms with E-state index < -0.39 is 0 Å². The van der Waals surface area contributed by atoms with Gasteiger partial charge in [0.05, 0.1) is 34.0 Å². The monoisotopic (exact) mass is 1270 g/mol. The van der Waals surface area contributed by atoms with Gasteiger partial charge in [-0.25, -0.2) is 19.9 Å². The Balaban J connectivity index is 0.000000139. The average molecular weight is 1270 g/mol. The Morgan fingerprint density at radius 1 is 0.180 bits per heavy atom. The van der Waals surface area contributed by atoms with E-state index in [0.29, 0.717) is 11.6 Å². The number of rotatable bonds is 8. The number of hydrogen-bond donors (Lipinski definition) is 0. The maximum atomic E-state index is 5.32. The van der Waals surface area contributed by atoms with Crippen molar-refractivity contribution in [1.29, 1.82) is 0 Å². The normalized spacial score (nSPS) is 11.6. The molecule has 4 aromatic heterocycles. The van der Waals surface area contributed by atoms with Crippen molar-refractivity contribution in [3.8, 4) is 90.2 Å². The standard InChI is InChI=1S/2C47H29N3/c1-6-16-37-30(11-1)25-26-48-46(37)31-21-23-32(24-22-31)47-49-44(42-27-33-12-2-4-14-35(33)38-17-7-9-19-40(38)42)29-45(50-47)43-28-34-13-3-5-15-36(34)39-18-8-10-20-41(39)43;1-4-14-36-32(11-1)26-42(40-18-8-6-16-38(36)40)45-28-46(43-27-33-12-2-5-15-37(33)39-17-7-9-19-41(39)43)50-47(49-45)31-23-21-30(22-24-31)35-25-34-13-3-10-20-44(34)48-29-35/h2*1-29H. The zero-order valence-corrected chi connectivity index (χ0v) is 54.2. The van der Waals surface area contributed by atoms with Crippen LogP contribution in [-0.4, -0.2) is 29.9 Å². The van der Waals surface area contributed by atoms with Gasteiger partial charge in [0.2, 0.25) is 0 Å². The minimum atomic E-state index is 0.685. The summed E-state index contributed by atoms with van der Waals surface area (Å²) in [5.74, 6) is 1.37.